The summed E-state index contributed by atoms with van der Waals surface area (Å²) in [4.78, 5) is 22.5. The molecule has 1 aromatic rings. The van der Waals surface area contributed by atoms with Gasteiger partial charge in [-0.25, -0.2) is 4.79 Å². The van der Waals surface area contributed by atoms with Gasteiger partial charge in [0.05, 0.1) is 31.9 Å². The number of rotatable bonds is 5. The lowest BCUT2D eigenvalue weighted by Crippen LogP contribution is -2.45. The van der Waals surface area contributed by atoms with E-state index in [0.29, 0.717) is 22.8 Å². The number of benzene rings is 1. The van der Waals surface area contributed by atoms with Gasteiger partial charge < -0.3 is 24.8 Å². The largest absolute Gasteiger partial charge is 0.493 e. The van der Waals surface area contributed by atoms with Crippen molar-refractivity contribution in [2.75, 3.05) is 21.3 Å². The molecule has 0 saturated heterocycles. The summed E-state index contributed by atoms with van der Waals surface area (Å²) in [6.45, 7) is 1.47. The average Bonchev–Trinajstić information content (AvgIpc) is 2.51. The van der Waals surface area contributed by atoms with Crippen molar-refractivity contribution >= 4 is 6.03 Å². The zero-order valence-corrected chi connectivity index (χ0v) is 13.1. The van der Waals surface area contributed by atoms with Crippen molar-refractivity contribution < 1.29 is 23.9 Å². The van der Waals surface area contributed by atoms with Gasteiger partial charge >= 0.3 is 6.03 Å². The number of hydrogen-bond acceptors (Lipinski definition) is 6. The summed E-state index contributed by atoms with van der Waals surface area (Å²) in [7, 11) is 4.34. The van der Waals surface area contributed by atoms with Crippen LogP contribution in [0.25, 0.3) is 0 Å². The van der Waals surface area contributed by atoms with Crippen molar-refractivity contribution in [3.63, 3.8) is 0 Å². The van der Waals surface area contributed by atoms with Gasteiger partial charge in [-0.2, -0.15) is 0 Å². The summed E-state index contributed by atoms with van der Waals surface area (Å²) in [5.41, 5.74) is 0.469. The van der Waals surface area contributed by atoms with E-state index in [1.807, 2.05) is 0 Å². The summed E-state index contributed by atoms with van der Waals surface area (Å²) in [5, 5.41) is 16.3. The Morgan fingerprint density at radius 2 is 1.70 bits per heavy atom. The number of methoxy groups -OCH3 is 3. The van der Waals surface area contributed by atoms with Gasteiger partial charge in [-0.1, -0.05) is 0 Å². The third kappa shape index (κ3) is 2.98. The SMILES string of the molecule is COc1cc([C@H]2NC(=O)NC(C)=C2[N+](=O)[O-])cc(OC)c1OC. The van der Waals surface area contributed by atoms with Crippen LogP contribution < -0.4 is 24.8 Å². The van der Waals surface area contributed by atoms with Gasteiger partial charge in [0.15, 0.2) is 11.5 Å². The lowest BCUT2D eigenvalue weighted by atomic mass is 10.00. The van der Waals surface area contributed by atoms with Gasteiger partial charge in [-0.3, -0.25) is 10.1 Å². The Hall–Kier alpha value is -2.97. The second-order valence-corrected chi connectivity index (χ2v) is 4.76. The van der Waals surface area contributed by atoms with Crippen molar-refractivity contribution in [1.29, 1.82) is 0 Å². The fourth-order valence-electron chi connectivity index (χ4n) is 2.44. The van der Waals surface area contributed by atoms with Gasteiger partial charge in [0.2, 0.25) is 5.75 Å². The quantitative estimate of drug-likeness (QED) is 0.628. The minimum atomic E-state index is -0.938. The normalized spacial score (nSPS) is 17.2. The van der Waals surface area contributed by atoms with Crippen molar-refractivity contribution in [1.82, 2.24) is 10.6 Å². The summed E-state index contributed by atoms with van der Waals surface area (Å²) in [6.07, 6.45) is 0. The summed E-state index contributed by atoms with van der Waals surface area (Å²) in [5.74, 6) is 1.05. The summed E-state index contributed by atoms with van der Waals surface area (Å²) < 4.78 is 15.7. The molecule has 1 atom stereocenters. The zero-order chi connectivity index (χ0) is 17.1. The molecule has 0 aromatic heterocycles. The molecule has 2 N–H and O–H groups in total. The van der Waals surface area contributed by atoms with E-state index in [9.17, 15) is 14.9 Å². The van der Waals surface area contributed by atoms with Gasteiger partial charge in [0.25, 0.3) is 5.70 Å². The zero-order valence-electron chi connectivity index (χ0n) is 13.1. The van der Waals surface area contributed by atoms with E-state index in [1.54, 1.807) is 12.1 Å². The fourth-order valence-corrected chi connectivity index (χ4v) is 2.44. The Morgan fingerprint density at radius 1 is 1.13 bits per heavy atom. The molecule has 0 fully saturated rings. The van der Waals surface area contributed by atoms with Crippen LogP contribution in [-0.4, -0.2) is 32.3 Å². The number of nitrogens with one attached hydrogen (secondary N) is 2. The Labute approximate surface area is 132 Å². The molecule has 0 spiro atoms. The highest BCUT2D eigenvalue weighted by Gasteiger charge is 2.36. The van der Waals surface area contributed by atoms with Gasteiger partial charge in [-0.05, 0) is 24.6 Å². The van der Waals surface area contributed by atoms with Crippen molar-refractivity contribution in [2.45, 2.75) is 13.0 Å². The molecule has 9 nitrogen and oxygen atoms in total. The smallest absolute Gasteiger partial charge is 0.320 e. The van der Waals surface area contributed by atoms with Crippen LogP contribution in [0.15, 0.2) is 23.5 Å². The first kappa shape index (κ1) is 16.4. The Kier molecular flexibility index (Phi) is 4.58. The van der Waals surface area contributed by atoms with Gasteiger partial charge in [0.1, 0.15) is 6.04 Å². The number of urea groups is 1. The molecule has 0 unspecified atom stereocenters. The molecule has 9 heteroatoms. The highest BCUT2D eigenvalue weighted by atomic mass is 16.6. The highest BCUT2D eigenvalue weighted by Crippen LogP contribution is 2.41. The third-order valence-electron chi connectivity index (χ3n) is 3.45. The summed E-state index contributed by atoms with van der Waals surface area (Å²) in [6, 6.07) is 1.67. The molecule has 23 heavy (non-hydrogen) atoms. The number of carbonyl (C=O) groups is 1. The van der Waals surface area contributed by atoms with Crippen LogP contribution in [0.2, 0.25) is 0 Å². The first-order valence-corrected chi connectivity index (χ1v) is 6.65. The predicted molar refractivity (Wildman–Crippen MR) is 80.2 cm³/mol. The van der Waals surface area contributed by atoms with Crippen LogP contribution in [0.1, 0.15) is 18.5 Å². The second-order valence-electron chi connectivity index (χ2n) is 4.76. The number of nitro groups is 1. The Morgan fingerprint density at radius 3 is 2.13 bits per heavy atom. The Bertz CT molecular complexity index is 660. The molecule has 0 aliphatic carbocycles. The molecule has 1 aliphatic heterocycles. The van der Waals surface area contributed by atoms with E-state index in [-0.39, 0.29) is 11.4 Å². The van der Waals surface area contributed by atoms with Crippen LogP contribution in [0, 0.1) is 10.1 Å². The minimum absolute atomic E-state index is 0.154. The van der Waals surface area contributed by atoms with Gasteiger partial charge in [-0.15, -0.1) is 0 Å². The van der Waals surface area contributed by atoms with Crippen LogP contribution >= 0.6 is 0 Å². The molecular weight excluding hydrogens is 306 g/mol. The molecule has 2 amide bonds. The van der Waals surface area contributed by atoms with Crippen LogP contribution in [-0.2, 0) is 0 Å². The third-order valence-corrected chi connectivity index (χ3v) is 3.45. The van der Waals surface area contributed by atoms with Gasteiger partial charge in [0, 0.05) is 0 Å². The molecule has 0 radical (unpaired) electrons. The van der Waals surface area contributed by atoms with E-state index < -0.39 is 17.0 Å². The maximum absolute atomic E-state index is 11.7. The monoisotopic (exact) mass is 323 g/mol. The second kappa shape index (κ2) is 6.42. The number of allylic oxidation sites excluding steroid dienone is 1. The van der Waals surface area contributed by atoms with E-state index >= 15 is 0 Å². The first-order chi connectivity index (χ1) is 10.9. The molecule has 0 saturated carbocycles. The van der Waals surface area contributed by atoms with Crippen LogP contribution in [0.5, 0.6) is 17.2 Å². The standard InChI is InChI=1S/C14H17N3O6/c1-7-12(17(19)20)11(16-14(18)15-7)8-5-9(21-2)13(23-4)10(6-8)22-3/h5-6,11H,1-4H3,(H2,15,16,18)/t11-/m1/s1. The molecule has 0 bridgehead atoms. The number of hydrogen-bond donors (Lipinski definition) is 2. The predicted octanol–water partition coefficient (Wildman–Crippen LogP) is 1.57. The van der Waals surface area contributed by atoms with E-state index in [1.165, 1.54) is 28.3 Å². The van der Waals surface area contributed by atoms with Crippen molar-refractivity contribution in [2.24, 2.45) is 0 Å². The average molecular weight is 323 g/mol. The van der Waals surface area contributed by atoms with Crippen molar-refractivity contribution in [3.05, 3.63) is 39.2 Å². The highest BCUT2D eigenvalue weighted by molar-refractivity contribution is 5.78. The molecular formula is C14H17N3O6. The minimum Gasteiger partial charge on any atom is -0.493 e. The maximum atomic E-state index is 11.7. The fraction of sp³-hybridized carbons (Fsp3) is 0.357. The molecule has 2 rings (SSSR count). The Balaban J connectivity index is 2.62. The number of carbonyl (C=O) groups excluding carboxylic acids is 1. The number of amides is 2. The molecule has 124 valence electrons. The first-order valence-electron chi connectivity index (χ1n) is 6.65. The molecule has 1 heterocycles. The van der Waals surface area contributed by atoms with E-state index in [4.69, 9.17) is 14.2 Å². The van der Waals surface area contributed by atoms with Crippen LogP contribution in [0.4, 0.5) is 4.79 Å². The van der Waals surface area contributed by atoms with E-state index in [2.05, 4.69) is 10.6 Å². The maximum Gasteiger partial charge on any atom is 0.320 e. The molecule has 1 aliphatic rings. The van der Waals surface area contributed by atoms with E-state index in [0.717, 1.165) is 0 Å². The van der Waals surface area contributed by atoms with Crippen LogP contribution in [0.3, 0.4) is 0 Å². The molecule has 1 aromatic carbocycles. The number of nitrogens with zero attached hydrogens (tertiary/aromatic N) is 1. The number of ether oxygens (including phenoxy) is 3. The van der Waals surface area contributed by atoms with Crippen molar-refractivity contribution in [3.8, 4) is 17.2 Å². The lowest BCUT2D eigenvalue weighted by molar-refractivity contribution is -0.432. The topological polar surface area (TPSA) is 112 Å². The summed E-state index contributed by atoms with van der Waals surface area (Å²) >= 11 is 0. The lowest BCUT2D eigenvalue weighted by Gasteiger charge is -2.24.